The molecule has 0 saturated heterocycles. The molecular formula is C19H22ClN3O2. The van der Waals surface area contributed by atoms with Crippen LogP contribution in [0.2, 0.25) is 5.02 Å². The average Bonchev–Trinajstić information content (AvgIpc) is 2.50. The summed E-state index contributed by atoms with van der Waals surface area (Å²) in [6, 6.07) is 12.8. The Balaban J connectivity index is 1.86. The molecule has 0 radical (unpaired) electrons. The number of rotatable bonds is 6. The van der Waals surface area contributed by atoms with Gasteiger partial charge >= 0.3 is 0 Å². The number of hydrogen-bond donors (Lipinski definition) is 2. The van der Waals surface area contributed by atoms with Crippen LogP contribution in [0.25, 0.3) is 0 Å². The lowest BCUT2D eigenvalue weighted by molar-refractivity contribution is -0.119. The van der Waals surface area contributed by atoms with Gasteiger partial charge in [0, 0.05) is 16.4 Å². The van der Waals surface area contributed by atoms with Crippen molar-refractivity contribution in [3.05, 3.63) is 58.6 Å². The van der Waals surface area contributed by atoms with Crippen LogP contribution in [-0.2, 0) is 9.59 Å². The van der Waals surface area contributed by atoms with Gasteiger partial charge in [0.2, 0.25) is 11.8 Å². The minimum absolute atomic E-state index is 0.104. The molecule has 5 nitrogen and oxygen atoms in total. The summed E-state index contributed by atoms with van der Waals surface area (Å²) in [7, 11) is 1.72. The second-order valence-corrected chi connectivity index (χ2v) is 6.48. The molecule has 0 unspecified atom stereocenters. The van der Waals surface area contributed by atoms with Gasteiger partial charge in [-0.1, -0.05) is 35.9 Å². The smallest absolute Gasteiger partial charge is 0.238 e. The number of hydrogen-bond acceptors (Lipinski definition) is 3. The molecule has 0 aromatic heterocycles. The summed E-state index contributed by atoms with van der Waals surface area (Å²) in [6.07, 6.45) is 0. The Morgan fingerprint density at radius 3 is 2.12 bits per heavy atom. The van der Waals surface area contributed by atoms with Crippen LogP contribution in [0, 0.1) is 13.8 Å². The number of carbonyl (C=O) groups excluding carboxylic acids is 2. The van der Waals surface area contributed by atoms with Gasteiger partial charge in [-0.3, -0.25) is 14.5 Å². The first kappa shape index (κ1) is 19.0. The van der Waals surface area contributed by atoms with E-state index in [0.717, 1.165) is 16.8 Å². The SMILES string of the molecule is Cc1cccc(C)c1NC(=O)CN(C)CC(=O)Nc1cccc(Cl)c1. The zero-order valence-electron chi connectivity index (χ0n) is 14.6. The van der Waals surface area contributed by atoms with Gasteiger partial charge in [0.1, 0.15) is 0 Å². The second kappa shape index (κ2) is 8.65. The van der Waals surface area contributed by atoms with Crippen molar-refractivity contribution in [1.82, 2.24) is 4.90 Å². The van der Waals surface area contributed by atoms with Crippen molar-refractivity contribution < 1.29 is 9.59 Å². The van der Waals surface area contributed by atoms with Crippen molar-refractivity contribution in [2.75, 3.05) is 30.8 Å². The number of likely N-dealkylation sites (N-methyl/N-ethyl adjacent to an activating group) is 1. The van der Waals surface area contributed by atoms with Crippen molar-refractivity contribution in [1.29, 1.82) is 0 Å². The van der Waals surface area contributed by atoms with Gasteiger partial charge in [0.25, 0.3) is 0 Å². The summed E-state index contributed by atoms with van der Waals surface area (Å²) in [6.45, 7) is 4.12. The summed E-state index contributed by atoms with van der Waals surface area (Å²) in [4.78, 5) is 25.9. The zero-order chi connectivity index (χ0) is 18.4. The predicted molar refractivity (Wildman–Crippen MR) is 102 cm³/mol. The first-order valence-electron chi connectivity index (χ1n) is 7.95. The Morgan fingerprint density at radius 1 is 0.960 bits per heavy atom. The molecule has 6 heteroatoms. The normalized spacial score (nSPS) is 10.6. The Morgan fingerprint density at radius 2 is 1.52 bits per heavy atom. The molecule has 2 rings (SSSR count). The summed E-state index contributed by atoms with van der Waals surface area (Å²) < 4.78 is 0. The molecule has 25 heavy (non-hydrogen) atoms. The third-order valence-corrected chi connectivity index (χ3v) is 3.92. The monoisotopic (exact) mass is 359 g/mol. The molecule has 2 N–H and O–H groups in total. The average molecular weight is 360 g/mol. The molecule has 0 aliphatic rings. The first-order chi connectivity index (χ1) is 11.8. The van der Waals surface area contributed by atoms with Gasteiger partial charge in [0.15, 0.2) is 0 Å². The van der Waals surface area contributed by atoms with Crippen LogP contribution >= 0.6 is 11.6 Å². The minimum atomic E-state index is -0.204. The van der Waals surface area contributed by atoms with Crippen molar-refractivity contribution >= 4 is 34.8 Å². The van der Waals surface area contributed by atoms with E-state index in [1.54, 1.807) is 36.2 Å². The summed E-state index contributed by atoms with van der Waals surface area (Å²) in [5.41, 5.74) is 3.47. The molecule has 2 amide bonds. The molecule has 0 spiro atoms. The summed E-state index contributed by atoms with van der Waals surface area (Å²) in [5.74, 6) is -0.361. The van der Waals surface area contributed by atoms with E-state index >= 15 is 0 Å². The second-order valence-electron chi connectivity index (χ2n) is 6.05. The zero-order valence-corrected chi connectivity index (χ0v) is 15.4. The van der Waals surface area contributed by atoms with Crippen molar-refractivity contribution in [2.24, 2.45) is 0 Å². The number of anilines is 2. The maximum atomic E-state index is 12.2. The van der Waals surface area contributed by atoms with Crippen molar-refractivity contribution in [3.63, 3.8) is 0 Å². The maximum absolute atomic E-state index is 12.2. The third-order valence-electron chi connectivity index (χ3n) is 3.68. The molecule has 2 aromatic rings. The van der Waals surface area contributed by atoms with Crippen LogP contribution in [-0.4, -0.2) is 36.9 Å². The van der Waals surface area contributed by atoms with E-state index in [1.165, 1.54) is 0 Å². The molecule has 2 aromatic carbocycles. The Kier molecular flexibility index (Phi) is 6.56. The van der Waals surface area contributed by atoms with Gasteiger partial charge in [-0.15, -0.1) is 0 Å². The van der Waals surface area contributed by atoms with Crippen LogP contribution in [0.4, 0.5) is 11.4 Å². The van der Waals surface area contributed by atoms with E-state index < -0.39 is 0 Å². The van der Waals surface area contributed by atoms with E-state index in [9.17, 15) is 9.59 Å². The third kappa shape index (κ3) is 5.89. The highest BCUT2D eigenvalue weighted by atomic mass is 35.5. The van der Waals surface area contributed by atoms with Crippen molar-refractivity contribution in [2.45, 2.75) is 13.8 Å². The van der Waals surface area contributed by atoms with Gasteiger partial charge in [-0.05, 0) is 50.2 Å². The van der Waals surface area contributed by atoms with E-state index in [-0.39, 0.29) is 24.9 Å². The fourth-order valence-electron chi connectivity index (χ4n) is 2.50. The summed E-state index contributed by atoms with van der Waals surface area (Å²) in [5, 5.41) is 6.22. The predicted octanol–water partition coefficient (Wildman–Crippen LogP) is 3.47. The fraction of sp³-hybridized carbons (Fsp3) is 0.263. The highest BCUT2D eigenvalue weighted by molar-refractivity contribution is 6.30. The molecule has 0 saturated carbocycles. The quantitative estimate of drug-likeness (QED) is 0.830. The molecule has 0 heterocycles. The van der Waals surface area contributed by atoms with E-state index in [0.29, 0.717) is 10.7 Å². The largest absolute Gasteiger partial charge is 0.325 e. The lowest BCUT2D eigenvalue weighted by atomic mass is 10.1. The van der Waals surface area contributed by atoms with Crippen LogP contribution in [0.3, 0.4) is 0 Å². The van der Waals surface area contributed by atoms with Gasteiger partial charge in [-0.25, -0.2) is 0 Å². The Bertz CT molecular complexity index is 757. The number of benzene rings is 2. The Hall–Kier alpha value is -2.37. The van der Waals surface area contributed by atoms with Crippen LogP contribution in [0.15, 0.2) is 42.5 Å². The molecule has 0 atom stereocenters. The highest BCUT2D eigenvalue weighted by Gasteiger charge is 2.13. The van der Waals surface area contributed by atoms with E-state index in [4.69, 9.17) is 11.6 Å². The molecule has 132 valence electrons. The lowest BCUT2D eigenvalue weighted by Crippen LogP contribution is -2.36. The number of nitrogens with zero attached hydrogens (tertiary/aromatic N) is 1. The first-order valence-corrected chi connectivity index (χ1v) is 8.33. The fourth-order valence-corrected chi connectivity index (χ4v) is 2.69. The molecule has 0 aliphatic carbocycles. The minimum Gasteiger partial charge on any atom is -0.325 e. The standard InChI is InChI=1S/C19H22ClN3O2/c1-13-6-4-7-14(2)19(13)22-18(25)12-23(3)11-17(24)21-16-9-5-8-15(20)10-16/h4-10H,11-12H2,1-3H3,(H,21,24)(H,22,25). The van der Waals surface area contributed by atoms with Crippen LogP contribution in [0.1, 0.15) is 11.1 Å². The maximum Gasteiger partial charge on any atom is 0.238 e. The van der Waals surface area contributed by atoms with Gasteiger partial charge in [-0.2, -0.15) is 0 Å². The number of aryl methyl sites for hydroxylation is 2. The number of nitrogens with one attached hydrogen (secondary N) is 2. The van der Waals surface area contributed by atoms with E-state index in [1.807, 2.05) is 32.0 Å². The van der Waals surface area contributed by atoms with Crippen LogP contribution < -0.4 is 10.6 Å². The molecule has 0 fully saturated rings. The summed E-state index contributed by atoms with van der Waals surface area (Å²) >= 11 is 5.89. The van der Waals surface area contributed by atoms with E-state index in [2.05, 4.69) is 10.6 Å². The van der Waals surface area contributed by atoms with Gasteiger partial charge < -0.3 is 10.6 Å². The number of carbonyl (C=O) groups is 2. The Labute approximate surface area is 153 Å². The number of amides is 2. The number of halogens is 1. The van der Waals surface area contributed by atoms with Gasteiger partial charge in [0.05, 0.1) is 13.1 Å². The molecule has 0 aliphatic heterocycles. The lowest BCUT2D eigenvalue weighted by Gasteiger charge is -2.17. The number of para-hydroxylation sites is 1. The highest BCUT2D eigenvalue weighted by Crippen LogP contribution is 2.19. The van der Waals surface area contributed by atoms with Crippen LogP contribution in [0.5, 0.6) is 0 Å². The molecular weight excluding hydrogens is 338 g/mol. The topological polar surface area (TPSA) is 61.4 Å². The molecule has 0 bridgehead atoms. The van der Waals surface area contributed by atoms with Crippen molar-refractivity contribution in [3.8, 4) is 0 Å².